The number of nitrogens with zero attached hydrogens (tertiary/aromatic N) is 2. The summed E-state index contributed by atoms with van der Waals surface area (Å²) >= 11 is 1.66. The van der Waals surface area contributed by atoms with Crippen molar-refractivity contribution in [3.05, 3.63) is 64.2 Å². The summed E-state index contributed by atoms with van der Waals surface area (Å²) in [6.45, 7) is 4.01. The minimum atomic E-state index is -4.07. The van der Waals surface area contributed by atoms with Gasteiger partial charge in [0.05, 0.1) is 16.7 Å². The molecule has 26 heavy (non-hydrogen) atoms. The topological polar surface area (TPSA) is 80.5 Å². The molecule has 3 rings (SSSR count). The molecule has 1 saturated heterocycles. The smallest absolute Gasteiger partial charge is 0.261 e. The second kappa shape index (κ2) is 7.28. The van der Waals surface area contributed by atoms with Crippen molar-refractivity contribution in [1.29, 1.82) is 0 Å². The normalized spacial score (nSPS) is 14.9. The Balaban J connectivity index is 2.20. The minimum Gasteiger partial charge on any atom is -0.261 e. The van der Waals surface area contributed by atoms with Crippen LogP contribution in [0.1, 0.15) is 25.3 Å². The predicted molar refractivity (Wildman–Crippen MR) is 104 cm³/mol. The zero-order chi connectivity index (χ0) is 18.9. The monoisotopic (exact) mass is 392 g/mol. The summed E-state index contributed by atoms with van der Waals surface area (Å²) in [5.74, 6) is 1.47. The highest BCUT2D eigenvalue weighted by atomic mass is 32.2. The maximum atomic E-state index is 13.5. The van der Waals surface area contributed by atoms with Gasteiger partial charge in [0.25, 0.3) is 15.7 Å². The average molecular weight is 393 g/mol. The van der Waals surface area contributed by atoms with E-state index in [9.17, 15) is 18.5 Å². The largest absolute Gasteiger partial charge is 0.289 e. The van der Waals surface area contributed by atoms with E-state index in [-0.39, 0.29) is 16.9 Å². The molecule has 0 amide bonds. The summed E-state index contributed by atoms with van der Waals surface area (Å²) in [6.07, 6.45) is 0. The Morgan fingerprint density at radius 3 is 2.31 bits per heavy atom. The number of thioether (sulfide) groups is 1. The zero-order valence-corrected chi connectivity index (χ0v) is 16.2. The summed E-state index contributed by atoms with van der Waals surface area (Å²) in [5, 5.41) is 11.4. The van der Waals surface area contributed by atoms with Crippen molar-refractivity contribution in [3.8, 4) is 0 Å². The number of sulfonamides is 1. The van der Waals surface area contributed by atoms with E-state index >= 15 is 0 Å². The van der Waals surface area contributed by atoms with Gasteiger partial charge in [0.15, 0.2) is 4.90 Å². The average Bonchev–Trinajstić information content (AvgIpc) is 2.57. The Morgan fingerprint density at radius 2 is 1.73 bits per heavy atom. The van der Waals surface area contributed by atoms with Crippen molar-refractivity contribution in [2.45, 2.75) is 30.7 Å². The summed E-state index contributed by atoms with van der Waals surface area (Å²) < 4.78 is 28.3. The first-order chi connectivity index (χ1) is 12.3. The molecule has 0 saturated carbocycles. The van der Waals surface area contributed by atoms with E-state index in [2.05, 4.69) is 0 Å². The van der Waals surface area contributed by atoms with E-state index in [0.29, 0.717) is 17.2 Å². The third-order valence-electron chi connectivity index (χ3n) is 4.35. The van der Waals surface area contributed by atoms with Gasteiger partial charge in [0.2, 0.25) is 0 Å². The highest BCUT2D eigenvalue weighted by Crippen LogP contribution is 2.39. The Morgan fingerprint density at radius 1 is 1.12 bits per heavy atom. The van der Waals surface area contributed by atoms with Crippen LogP contribution in [0.25, 0.3) is 0 Å². The van der Waals surface area contributed by atoms with E-state index in [0.717, 1.165) is 5.56 Å². The minimum absolute atomic E-state index is 0.127. The van der Waals surface area contributed by atoms with Crippen molar-refractivity contribution in [1.82, 2.24) is 0 Å². The first-order valence-electron chi connectivity index (χ1n) is 8.28. The Labute approximate surface area is 157 Å². The third kappa shape index (κ3) is 3.31. The Hall–Kier alpha value is -2.06. The number of benzene rings is 2. The first kappa shape index (κ1) is 18.7. The molecule has 2 aromatic rings. The molecule has 0 radical (unpaired) electrons. The van der Waals surface area contributed by atoms with Gasteiger partial charge in [-0.1, -0.05) is 44.2 Å². The van der Waals surface area contributed by atoms with Crippen LogP contribution in [-0.4, -0.2) is 30.9 Å². The fourth-order valence-electron chi connectivity index (χ4n) is 2.99. The molecule has 1 aliphatic rings. The van der Waals surface area contributed by atoms with Gasteiger partial charge in [-0.15, -0.1) is 0 Å². The second-order valence-electron chi connectivity index (χ2n) is 6.43. The number of rotatable bonds is 6. The van der Waals surface area contributed by atoms with Gasteiger partial charge in [-0.2, -0.15) is 11.8 Å². The molecule has 0 N–H and O–H groups in total. The molecule has 6 nitrogen and oxygen atoms in total. The predicted octanol–water partition coefficient (Wildman–Crippen LogP) is 4.03. The Kier molecular flexibility index (Phi) is 5.24. The second-order valence-corrected chi connectivity index (χ2v) is 9.29. The summed E-state index contributed by atoms with van der Waals surface area (Å²) in [4.78, 5) is 10.5. The quantitative estimate of drug-likeness (QED) is 0.548. The maximum absolute atomic E-state index is 13.5. The molecule has 0 aromatic heterocycles. The van der Waals surface area contributed by atoms with E-state index in [1.54, 1.807) is 23.9 Å². The number of anilines is 1. The van der Waals surface area contributed by atoms with Crippen LogP contribution in [0.5, 0.6) is 0 Å². The molecule has 0 spiro atoms. The lowest BCUT2D eigenvalue weighted by Gasteiger charge is -2.38. The van der Waals surface area contributed by atoms with Crippen molar-refractivity contribution in [3.63, 3.8) is 0 Å². The molecule has 8 heteroatoms. The molecule has 0 unspecified atom stereocenters. The maximum Gasteiger partial charge on any atom is 0.289 e. The fourth-order valence-corrected chi connectivity index (χ4v) is 5.76. The standard InChI is InChI=1S/C18H20N2O4S2/c1-13(2)15-7-3-4-8-16(15)19(14-11-25-12-14)26(23,24)18-10-6-5-9-17(18)20(21)22/h3-10,13-14H,11-12H2,1-2H3. The van der Waals surface area contributed by atoms with Crippen molar-refractivity contribution in [2.24, 2.45) is 0 Å². The van der Waals surface area contributed by atoms with Gasteiger partial charge < -0.3 is 0 Å². The van der Waals surface area contributed by atoms with Gasteiger partial charge in [-0.25, -0.2) is 8.42 Å². The first-order valence-corrected chi connectivity index (χ1v) is 10.9. The Bertz CT molecular complexity index is 924. The molecule has 1 aliphatic heterocycles. The van der Waals surface area contributed by atoms with Gasteiger partial charge in [-0.3, -0.25) is 14.4 Å². The molecule has 1 heterocycles. The number of hydrogen-bond acceptors (Lipinski definition) is 5. The lowest BCUT2D eigenvalue weighted by Crippen LogP contribution is -2.48. The van der Waals surface area contributed by atoms with Crippen LogP contribution in [0.15, 0.2) is 53.4 Å². The van der Waals surface area contributed by atoms with E-state index in [1.165, 1.54) is 28.6 Å². The van der Waals surface area contributed by atoms with Crippen LogP contribution in [0.4, 0.5) is 11.4 Å². The fraction of sp³-hybridized carbons (Fsp3) is 0.333. The van der Waals surface area contributed by atoms with Crippen LogP contribution >= 0.6 is 11.8 Å². The number of hydrogen-bond donors (Lipinski definition) is 0. The van der Waals surface area contributed by atoms with Crippen LogP contribution < -0.4 is 4.31 Å². The summed E-state index contributed by atoms with van der Waals surface area (Å²) in [5.41, 5.74) is 1.11. The summed E-state index contributed by atoms with van der Waals surface area (Å²) in [7, 11) is -4.07. The van der Waals surface area contributed by atoms with Crippen molar-refractivity contribution < 1.29 is 13.3 Å². The summed E-state index contributed by atoms with van der Waals surface area (Å²) in [6, 6.07) is 12.7. The SMILES string of the molecule is CC(C)c1ccccc1N(C1CSC1)S(=O)(=O)c1ccccc1[N+](=O)[O-]. The molecule has 1 fully saturated rings. The lowest BCUT2D eigenvalue weighted by atomic mass is 10.0. The number of para-hydroxylation sites is 2. The van der Waals surface area contributed by atoms with E-state index < -0.39 is 20.6 Å². The molecule has 0 aliphatic carbocycles. The van der Waals surface area contributed by atoms with Gasteiger partial charge in [-0.05, 0) is 23.6 Å². The van der Waals surface area contributed by atoms with Crippen molar-refractivity contribution in [2.75, 3.05) is 15.8 Å². The van der Waals surface area contributed by atoms with E-state index in [1.807, 2.05) is 26.0 Å². The molecule has 0 bridgehead atoms. The van der Waals surface area contributed by atoms with Crippen LogP contribution in [0.3, 0.4) is 0 Å². The molecule has 2 aromatic carbocycles. The van der Waals surface area contributed by atoms with Crippen molar-refractivity contribution >= 4 is 33.2 Å². The molecular weight excluding hydrogens is 372 g/mol. The molecule has 0 atom stereocenters. The van der Waals surface area contributed by atoms with Gasteiger partial charge >= 0.3 is 0 Å². The molecular formula is C18H20N2O4S2. The zero-order valence-electron chi connectivity index (χ0n) is 14.5. The van der Waals surface area contributed by atoms with Gasteiger partial charge in [0, 0.05) is 17.6 Å². The number of nitro groups is 1. The number of nitro benzene ring substituents is 1. The highest BCUT2D eigenvalue weighted by molar-refractivity contribution is 8.01. The van der Waals surface area contributed by atoms with Crippen LogP contribution in [0, 0.1) is 10.1 Å². The van der Waals surface area contributed by atoms with Gasteiger partial charge in [0.1, 0.15) is 0 Å². The van der Waals surface area contributed by atoms with Crippen LogP contribution in [-0.2, 0) is 10.0 Å². The molecule has 138 valence electrons. The lowest BCUT2D eigenvalue weighted by molar-refractivity contribution is -0.387. The van der Waals surface area contributed by atoms with E-state index in [4.69, 9.17) is 0 Å². The van der Waals surface area contributed by atoms with Crippen LogP contribution in [0.2, 0.25) is 0 Å². The third-order valence-corrected chi connectivity index (χ3v) is 7.50. The highest BCUT2D eigenvalue weighted by Gasteiger charge is 2.39.